The second kappa shape index (κ2) is 7.50. The van der Waals surface area contributed by atoms with Crippen molar-refractivity contribution < 1.29 is 4.43 Å². The van der Waals surface area contributed by atoms with Crippen molar-refractivity contribution in [3.63, 3.8) is 0 Å². The van der Waals surface area contributed by atoms with Crippen molar-refractivity contribution in [1.82, 2.24) is 0 Å². The summed E-state index contributed by atoms with van der Waals surface area (Å²) < 4.78 is 5.54. The van der Waals surface area contributed by atoms with Gasteiger partial charge in [-0.05, 0) is 13.1 Å². The number of hydrogen-bond acceptors (Lipinski definition) is 1. The van der Waals surface area contributed by atoms with Crippen molar-refractivity contribution in [1.29, 1.82) is 0 Å². The van der Waals surface area contributed by atoms with E-state index in [4.69, 9.17) is 4.43 Å². The maximum absolute atomic E-state index is 5.54. The minimum Gasteiger partial charge on any atom is -0.424 e. The van der Waals surface area contributed by atoms with Gasteiger partial charge in [0.15, 0.2) is 9.04 Å². The molecule has 0 bridgehead atoms. The molecule has 0 aliphatic heterocycles. The molecule has 0 amide bonds. The summed E-state index contributed by atoms with van der Waals surface area (Å²) in [4.78, 5) is 0. The Kier molecular flexibility index (Phi) is 7.80. The molecular formula is C7H18OSi2. The van der Waals surface area contributed by atoms with E-state index in [2.05, 4.69) is 20.0 Å². The lowest BCUT2D eigenvalue weighted by atomic mass is 10.4. The fourth-order valence-corrected chi connectivity index (χ4v) is 3.15. The van der Waals surface area contributed by atoms with Gasteiger partial charge >= 0.3 is 0 Å². The van der Waals surface area contributed by atoms with Crippen LogP contribution in [-0.2, 0) is 4.43 Å². The average molecular weight is 174 g/mol. The van der Waals surface area contributed by atoms with Gasteiger partial charge in [-0.1, -0.05) is 25.8 Å². The highest BCUT2D eigenvalue weighted by atomic mass is 28.3. The summed E-state index contributed by atoms with van der Waals surface area (Å²) in [5, 5.41) is 0. The second-order valence-electron chi connectivity index (χ2n) is 2.71. The van der Waals surface area contributed by atoms with E-state index in [1.54, 1.807) is 0 Å². The van der Waals surface area contributed by atoms with Crippen molar-refractivity contribution in [2.24, 2.45) is 0 Å². The molecule has 1 nitrogen and oxygen atoms in total. The molecule has 2 radical (unpaired) electrons. The molecule has 60 valence electrons. The second-order valence-corrected chi connectivity index (χ2v) is 6.43. The smallest absolute Gasteiger partial charge is 0.170 e. The first-order valence-electron chi connectivity index (χ1n) is 4.09. The minimum absolute atomic E-state index is 0.715. The minimum atomic E-state index is -0.715. The van der Waals surface area contributed by atoms with Crippen LogP contribution < -0.4 is 0 Å². The number of rotatable bonds is 6. The molecule has 0 aromatic rings. The first-order chi connectivity index (χ1) is 4.77. The fraction of sp³-hybridized carbons (Fsp3) is 1.00. The zero-order valence-electron chi connectivity index (χ0n) is 7.31. The zero-order valence-corrected chi connectivity index (χ0v) is 9.47. The Labute approximate surface area is 68.7 Å². The van der Waals surface area contributed by atoms with E-state index >= 15 is 0 Å². The van der Waals surface area contributed by atoms with Gasteiger partial charge in [-0.3, -0.25) is 0 Å². The van der Waals surface area contributed by atoms with Gasteiger partial charge in [0.05, 0.1) is 9.52 Å². The molecule has 0 unspecified atom stereocenters. The summed E-state index contributed by atoms with van der Waals surface area (Å²) in [7, 11) is 0.329. The van der Waals surface area contributed by atoms with Crippen LogP contribution in [-0.4, -0.2) is 24.8 Å². The Bertz CT molecular complexity index is 66.6. The summed E-state index contributed by atoms with van der Waals surface area (Å²) in [5.74, 6) is 0. The van der Waals surface area contributed by atoms with Gasteiger partial charge in [0.2, 0.25) is 0 Å². The number of hydrogen-bond donors (Lipinski definition) is 0. The topological polar surface area (TPSA) is 9.23 Å². The third-order valence-electron chi connectivity index (χ3n) is 1.23. The summed E-state index contributed by atoms with van der Waals surface area (Å²) >= 11 is 0. The molecule has 0 atom stereocenters. The Hall–Kier alpha value is 0.394. The van der Waals surface area contributed by atoms with Gasteiger partial charge in [-0.2, -0.15) is 0 Å². The summed E-state index contributed by atoms with van der Waals surface area (Å²) in [5.41, 5.74) is 0. The van der Waals surface area contributed by atoms with E-state index in [0.29, 0.717) is 0 Å². The van der Waals surface area contributed by atoms with E-state index < -0.39 is 9.04 Å². The molecule has 0 spiro atoms. The predicted octanol–water partition coefficient (Wildman–Crippen LogP) is 1.87. The van der Waals surface area contributed by atoms with Crippen LogP contribution in [0, 0.1) is 0 Å². The first-order valence-corrected chi connectivity index (χ1v) is 8.29. The SMILES string of the molecule is CCCC[Si]CO[SiH](C)C. The van der Waals surface area contributed by atoms with Gasteiger partial charge in [-0.15, -0.1) is 0 Å². The monoisotopic (exact) mass is 174 g/mol. The molecule has 0 aliphatic carbocycles. The molecule has 0 aromatic heterocycles. The molecule has 0 saturated heterocycles. The number of unbranched alkanes of at least 4 members (excludes halogenated alkanes) is 1. The van der Waals surface area contributed by atoms with E-state index in [-0.39, 0.29) is 0 Å². The Balaban J connectivity index is 2.77. The molecule has 0 N–H and O–H groups in total. The van der Waals surface area contributed by atoms with Gasteiger partial charge in [0.25, 0.3) is 0 Å². The molecule has 0 aromatic carbocycles. The summed E-state index contributed by atoms with van der Waals surface area (Å²) in [6.07, 6.45) is 3.73. The zero-order chi connectivity index (χ0) is 7.82. The van der Waals surface area contributed by atoms with E-state index in [1.807, 2.05) is 0 Å². The highest BCUT2D eigenvalue weighted by Gasteiger charge is 1.94. The lowest BCUT2D eigenvalue weighted by molar-refractivity contribution is 0.397. The van der Waals surface area contributed by atoms with E-state index in [0.717, 1.165) is 15.7 Å². The molecule has 3 heteroatoms. The molecule has 0 saturated carbocycles. The molecule has 10 heavy (non-hydrogen) atoms. The van der Waals surface area contributed by atoms with Crippen LogP contribution in [0.3, 0.4) is 0 Å². The Morgan fingerprint density at radius 3 is 2.60 bits per heavy atom. The summed E-state index contributed by atoms with van der Waals surface area (Å²) in [6.45, 7) is 6.69. The van der Waals surface area contributed by atoms with Crippen molar-refractivity contribution in [2.75, 3.05) is 6.23 Å². The standard InChI is InChI=1S/C7H18OSi2/c1-4-5-6-9-7-8-10(2)3/h10H,4-7H2,1-3H3. The van der Waals surface area contributed by atoms with Crippen LogP contribution in [0.25, 0.3) is 0 Å². The quantitative estimate of drug-likeness (QED) is 0.441. The van der Waals surface area contributed by atoms with Crippen LogP contribution >= 0.6 is 0 Å². The highest BCUT2D eigenvalue weighted by molar-refractivity contribution is 6.49. The first kappa shape index (κ1) is 10.4. The van der Waals surface area contributed by atoms with Crippen LogP contribution in [0.5, 0.6) is 0 Å². The van der Waals surface area contributed by atoms with Crippen molar-refractivity contribution in [3.05, 3.63) is 0 Å². The fourth-order valence-electron chi connectivity index (χ4n) is 0.600. The normalized spacial score (nSPS) is 10.8. The van der Waals surface area contributed by atoms with Crippen LogP contribution in [0.2, 0.25) is 19.1 Å². The van der Waals surface area contributed by atoms with Crippen molar-refractivity contribution in [3.8, 4) is 0 Å². The molecule has 0 aliphatic rings. The highest BCUT2D eigenvalue weighted by Crippen LogP contribution is 1.93. The predicted molar refractivity (Wildman–Crippen MR) is 50.3 cm³/mol. The van der Waals surface area contributed by atoms with Crippen molar-refractivity contribution >= 4 is 18.6 Å². The Morgan fingerprint density at radius 1 is 1.40 bits per heavy atom. The van der Waals surface area contributed by atoms with Gasteiger partial charge < -0.3 is 4.43 Å². The lowest BCUT2D eigenvalue weighted by Gasteiger charge is -2.04. The summed E-state index contributed by atoms with van der Waals surface area (Å²) in [6, 6.07) is 1.37. The van der Waals surface area contributed by atoms with Gasteiger partial charge in [0, 0.05) is 6.23 Å². The van der Waals surface area contributed by atoms with Crippen LogP contribution in [0.1, 0.15) is 19.8 Å². The largest absolute Gasteiger partial charge is 0.424 e. The van der Waals surface area contributed by atoms with E-state index in [9.17, 15) is 0 Å². The maximum atomic E-state index is 5.54. The van der Waals surface area contributed by atoms with Crippen LogP contribution in [0.15, 0.2) is 0 Å². The Morgan fingerprint density at radius 2 is 2.10 bits per heavy atom. The third kappa shape index (κ3) is 8.39. The molecule has 0 fully saturated rings. The maximum Gasteiger partial charge on any atom is 0.170 e. The van der Waals surface area contributed by atoms with Crippen molar-refractivity contribution in [2.45, 2.75) is 38.9 Å². The van der Waals surface area contributed by atoms with Crippen LogP contribution in [0.4, 0.5) is 0 Å². The lowest BCUT2D eigenvalue weighted by Crippen LogP contribution is -2.12. The molecule has 0 heterocycles. The van der Waals surface area contributed by atoms with Gasteiger partial charge in [0.1, 0.15) is 0 Å². The van der Waals surface area contributed by atoms with Gasteiger partial charge in [-0.25, -0.2) is 0 Å². The third-order valence-corrected chi connectivity index (χ3v) is 3.47. The average Bonchev–Trinajstić information content (AvgIpc) is 1.87. The molecular weight excluding hydrogens is 156 g/mol. The molecule has 0 rings (SSSR count). The van der Waals surface area contributed by atoms with E-state index in [1.165, 1.54) is 18.9 Å².